The first-order valence-electron chi connectivity index (χ1n) is 7.78. The lowest BCUT2D eigenvalue weighted by Gasteiger charge is -2.39. The molecule has 118 valence electrons. The second kappa shape index (κ2) is 6.99. The minimum absolute atomic E-state index is 0.310. The van der Waals surface area contributed by atoms with Crippen molar-refractivity contribution in [1.82, 2.24) is 9.88 Å². The number of halogens is 1. The third-order valence-electron chi connectivity index (χ3n) is 4.44. The highest BCUT2D eigenvalue weighted by molar-refractivity contribution is 6.31. The number of pyridine rings is 1. The van der Waals surface area contributed by atoms with Gasteiger partial charge in [0.15, 0.2) is 0 Å². The Morgan fingerprint density at radius 1 is 1.13 bits per heavy atom. The number of hydrogen-bond acceptors (Lipinski definition) is 4. The zero-order chi connectivity index (χ0) is 16.2. The average molecular weight is 327 g/mol. The Morgan fingerprint density at radius 3 is 2.48 bits per heavy atom. The van der Waals surface area contributed by atoms with Gasteiger partial charge in [0.1, 0.15) is 11.8 Å². The topological polar surface area (TPSA) is 43.2 Å². The second-order valence-corrected chi connectivity index (χ2v) is 6.14. The summed E-state index contributed by atoms with van der Waals surface area (Å²) < 4.78 is 0. The monoisotopic (exact) mass is 326 g/mol. The van der Waals surface area contributed by atoms with Crippen LogP contribution in [0.3, 0.4) is 0 Å². The SMILES string of the molecule is CC(c1ccccc1Cl)N1CCN(c2ccc(C#N)nc2)CC1. The molecule has 23 heavy (non-hydrogen) atoms. The third-order valence-corrected chi connectivity index (χ3v) is 4.79. The van der Waals surface area contributed by atoms with Crippen LogP contribution in [0, 0.1) is 11.3 Å². The standard InChI is InChI=1S/C18H19ClN4/c1-14(17-4-2-3-5-18(17)19)22-8-10-23(11-9-22)16-7-6-15(12-20)21-13-16/h2-7,13-14H,8-11H2,1H3. The van der Waals surface area contributed by atoms with Crippen LogP contribution in [-0.2, 0) is 0 Å². The lowest BCUT2D eigenvalue weighted by Crippen LogP contribution is -2.47. The zero-order valence-corrected chi connectivity index (χ0v) is 13.9. The molecular weight excluding hydrogens is 308 g/mol. The van der Waals surface area contributed by atoms with Crippen molar-refractivity contribution in [2.75, 3.05) is 31.1 Å². The molecule has 0 bridgehead atoms. The van der Waals surface area contributed by atoms with Crippen LogP contribution in [0.25, 0.3) is 0 Å². The van der Waals surface area contributed by atoms with Crippen LogP contribution in [-0.4, -0.2) is 36.1 Å². The molecule has 2 heterocycles. The van der Waals surface area contributed by atoms with Gasteiger partial charge in [-0.25, -0.2) is 4.98 Å². The summed E-state index contributed by atoms with van der Waals surface area (Å²) in [5.41, 5.74) is 2.72. The lowest BCUT2D eigenvalue weighted by molar-refractivity contribution is 0.198. The summed E-state index contributed by atoms with van der Waals surface area (Å²) >= 11 is 6.32. The van der Waals surface area contributed by atoms with E-state index in [4.69, 9.17) is 16.9 Å². The Balaban J connectivity index is 1.64. The molecule has 1 unspecified atom stereocenters. The maximum atomic E-state index is 8.82. The van der Waals surface area contributed by atoms with Crippen molar-refractivity contribution in [3.63, 3.8) is 0 Å². The molecule has 0 aliphatic carbocycles. The minimum atomic E-state index is 0.310. The fourth-order valence-electron chi connectivity index (χ4n) is 3.02. The quantitative estimate of drug-likeness (QED) is 0.866. The van der Waals surface area contributed by atoms with E-state index < -0.39 is 0 Å². The number of rotatable bonds is 3. The fourth-order valence-corrected chi connectivity index (χ4v) is 3.31. The van der Waals surface area contributed by atoms with E-state index in [9.17, 15) is 0 Å². The highest BCUT2D eigenvalue weighted by Crippen LogP contribution is 2.28. The first-order chi connectivity index (χ1) is 11.2. The minimum Gasteiger partial charge on any atom is -0.368 e. The molecular formula is C18H19ClN4. The van der Waals surface area contributed by atoms with Gasteiger partial charge in [-0.05, 0) is 30.7 Å². The number of anilines is 1. The Bertz CT molecular complexity index is 700. The predicted molar refractivity (Wildman–Crippen MR) is 92.6 cm³/mol. The van der Waals surface area contributed by atoms with Gasteiger partial charge in [-0.2, -0.15) is 5.26 Å². The molecule has 1 atom stereocenters. The third kappa shape index (κ3) is 3.47. The summed E-state index contributed by atoms with van der Waals surface area (Å²) in [7, 11) is 0. The number of hydrogen-bond donors (Lipinski definition) is 0. The molecule has 5 heteroatoms. The number of benzene rings is 1. The van der Waals surface area contributed by atoms with Gasteiger partial charge in [0.25, 0.3) is 0 Å². The Kier molecular flexibility index (Phi) is 4.80. The van der Waals surface area contributed by atoms with Gasteiger partial charge in [-0.15, -0.1) is 0 Å². The lowest BCUT2D eigenvalue weighted by atomic mass is 10.1. The van der Waals surface area contributed by atoms with Crippen LogP contribution in [0.2, 0.25) is 5.02 Å². The molecule has 1 aromatic carbocycles. The summed E-state index contributed by atoms with van der Waals surface area (Å²) in [5, 5.41) is 9.65. The molecule has 3 rings (SSSR count). The Hall–Kier alpha value is -2.09. The van der Waals surface area contributed by atoms with E-state index in [2.05, 4.69) is 33.8 Å². The van der Waals surface area contributed by atoms with Gasteiger partial charge in [0.2, 0.25) is 0 Å². The van der Waals surface area contributed by atoms with Crippen molar-refractivity contribution in [2.45, 2.75) is 13.0 Å². The van der Waals surface area contributed by atoms with Crippen molar-refractivity contribution in [1.29, 1.82) is 5.26 Å². The van der Waals surface area contributed by atoms with Gasteiger partial charge in [0.05, 0.1) is 11.9 Å². The number of aromatic nitrogens is 1. The van der Waals surface area contributed by atoms with Gasteiger partial charge < -0.3 is 4.90 Å². The molecule has 0 radical (unpaired) electrons. The number of piperazine rings is 1. The summed E-state index contributed by atoms with van der Waals surface area (Å²) in [6, 6.07) is 14.2. The van der Waals surface area contributed by atoms with E-state index in [0.29, 0.717) is 11.7 Å². The maximum Gasteiger partial charge on any atom is 0.140 e. The van der Waals surface area contributed by atoms with Crippen molar-refractivity contribution < 1.29 is 0 Å². The summed E-state index contributed by atoms with van der Waals surface area (Å²) in [6.07, 6.45) is 1.78. The molecule has 1 aliphatic heterocycles. The smallest absolute Gasteiger partial charge is 0.140 e. The van der Waals surface area contributed by atoms with E-state index >= 15 is 0 Å². The van der Waals surface area contributed by atoms with Crippen molar-refractivity contribution in [2.24, 2.45) is 0 Å². The molecule has 0 amide bonds. The average Bonchev–Trinajstić information content (AvgIpc) is 2.62. The highest BCUT2D eigenvalue weighted by Gasteiger charge is 2.23. The first-order valence-corrected chi connectivity index (χ1v) is 8.16. The normalized spacial score (nSPS) is 16.8. The predicted octanol–water partition coefficient (Wildman–Crippen LogP) is 3.49. The molecule has 1 aromatic heterocycles. The molecule has 0 spiro atoms. The molecule has 0 saturated carbocycles. The molecule has 1 aliphatic rings. The maximum absolute atomic E-state index is 8.82. The molecule has 1 fully saturated rings. The summed E-state index contributed by atoms with van der Waals surface area (Å²) in [6.45, 7) is 6.06. The van der Waals surface area contributed by atoms with Crippen LogP contribution in [0.15, 0.2) is 42.6 Å². The van der Waals surface area contributed by atoms with E-state index in [1.807, 2.05) is 24.3 Å². The second-order valence-electron chi connectivity index (χ2n) is 5.73. The Morgan fingerprint density at radius 2 is 1.87 bits per heavy atom. The van der Waals surface area contributed by atoms with Crippen LogP contribution >= 0.6 is 11.6 Å². The first kappa shape index (κ1) is 15.8. The van der Waals surface area contributed by atoms with E-state index in [1.54, 1.807) is 12.3 Å². The van der Waals surface area contributed by atoms with Gasteiger partial charge in [0, 0.05) is 37.2 Å². The van der Waals surface area contributed by atoms with Crippen molar-refractivity contribution >= 4 is 17.3 Å². The molecule has 0 N–H and O–H groups in total. The van der Waals surface area contributed by atoms with E-state index in [0.717, 1.165) is 36.9 Å². The molecule has 4 nitrogen and oxygen atoms in total. The highest BCUT2D eigenvalue weighted by atomic mass is 35.5. The Labute approximate surface area is 141 Å². The summed E-state index contributed by atoms with van der Waals surface area (Å²) in [5.74, 6) is 0. The zero-order valence-electron chi connectivity index (χ0n) is 13.1. The van der Waals surface area contributed by atoms with Crippen molar-refractivity contribution in [3.05, 3.63) is 58.9 Å². The fraction of sp³-hybridized carbons (Fsp3) is 0.333. The molecule has 2 aromatic rings. The van der Waals surface area contributed by atoms with Crippen molar-refractivity contribution in [3.8, 4) is 6.07 Å². The largest absolute Gasteiger partial charge is 0.368 e. The van der Waals surface area contributed by atoms with Crippen LogP contribution in [0.4, 0.5) is 5.69 Å². The van der Waals surface area contributed by atoms with Gasteiger partial charge in [-0.3, -0.25) is 4.90 Å². The van der Waals surface area contributed by atoms with Gasteiger partial charge >= 0.3 is 0 Å². The van der Waals surface area contributed by atoms with E-state index in [-0.39, 0.29) is 0 Å². The number of nitriles is 1. The van der Waals surface area contributed by atoms with Crippen LogP contribution < -0.4 is 4.90 Å². The van der Waals surface area contributed by atoms with E-state index in [1.165, 1.54) is 5.56 Å². The van der Waals surface area contributed by atoms with Crippen LogP contribution in [0.5, 0.6) is 0 Å². The summed E-state index contributed by atoms with van der Waals surface area (Å²) in [4.78, 5) is 8.91. The number of nitrogens with zero attached hydrogens (tertiary/aromatic N) is 4. The molecule has 1 saturated heterocycles. The van der Waals surface area contributed by atoms with Crippen LogP contribution in [0.1, 0.15) is 24.2 Å². The van der Waals surface area contributed by atoms with Gasteiger partial charge in [-0.1, -0.05) is 29.8 Å².